The van der Waals surface area contributed by atoms with Crippen LogP contribution in [0.15, 0.2) is 54.7 Å². The first-order valence-corrected chi connectivity index (χ1v) is 13.8. The van der Waals surface area contributed by atoms with E-state index in [0.29, 0.717) is 24.2 Å². The molecule has 1 aromatic heterocycles. The summed E-state index contributed by atoms with van der Waals surface area (Å²) in [5.74, 6) is -0.331. The maximum atomic E-state index is 14.4. The first kappa shape index (κ1) is 30.2. The summed E-state index contributed by atoms with van der Waals surface area (Å²) in [7, 11) is 0. The van der Waals surface area contributed by atoms with Crippen molar-refractivity contribution in [1.29, 1.82) is 5.26 Å². The Kier molecular flexibility index (Phi) is 9.73. The van der Waals surface area contributed by atoms with Crippen LogP contribution in [0, 0.1) is 31.0 Å². The minimum absolute atomic E-state index is 0. The molecule has 1 atom stereocenters. The highest BCUT2D eigenvalue weighted by molar-refractivity contribution is 7.59. The Bertz CT molecular complexity index is 1420. The molecule has 0 unspecified atom stereocenters. The van der Waals surface area contributed by atoms with E-state index in [0.717, 1.165) is 48.4 Å². The molecule has 10 heteroatoms. The fourth-order valence-corrected chi connectivity index (χ4v) is 5.80. The van der Waals surface area contributed by atoms with Crippen molar-refractivity contribution in [1.82, 2.24) is 9.88 Å². The number of carbonyl (C=O) groups excluding carboxylic acids is 1. The Balaban J connectivity index is 0.00000387. The number of carbonyl (C=O) groups is 1. The molecule has 0 saturated carbocycles. The van der Waals surface area contributed by atoms with E-state index >= 15 is 0 Å². The zero-order valence-electron chi connectivity index (χ0n) is 23.5. The van der Waals surface area contributed by atoms with Gasteiger partial charge < -0.3 is 25.1 Å². The fraction of sp³-hybridized carbons (Fsp3) is 0.387. The second kappa shape index (κ2) is 13.2. The lowest BCUT2D eigenvalue weighted by Crippen LogP contribution is -2.56. The lowest BCUT2D eigenvalue weighted by Gasteiger charge is -2.41. The van der Waals surface area contributed by atoms with Crippen molar-refractivity contribution in [3.05, 3.63) is 82.8 Å². The maximum Gasteiger partial charge on any atom is 0.254 e. The lowest BCUT2D eigenvalue weighted by molar-refractivity contribution is 0.0697. The Morgan fingerprint density at radius 2 is 1.85 bits per heavy atom. The van der Waals surface area contributed by atoms with Crippen LogP contribution in [0.3, 0.4) is 0 Å². The topological polar surface area (TPSA) is 95.7 Å². The average Bonchev–Trinajstić information content (AvgIpc) is 2.98. The number of benzene rings is 2. The Hall–Kier alpha value is -3.81. The van der Waals surface area contributed by atoms with E-state index in [2.05, 4.69) is 21.3 Å². The minimum atomic E-state index is -0.443. The number of aliphatic hydroxyl groups excluding tert-OH is 1. The van der Waals surface area contributed by atoms with Crippen molar-refractivity contribution in [2.24, 2.45) is 0 Å². The molecule has 0 radical (unpaired) electrons. The number of nitriles is 1. The van der Waals surface area contributed by atoms with Gasteiger partial charge in [0, 0.05) is 56.2 Å². The van der Waals surface area contributed by atoms with E-state index in [1.807, 2.05) is 50.2 Å². The smallest absolute Gasteiger partial charge is 0.254 e. The van der Waals surface area contributed by atoms with Crippen LogP contribution >= 0.6 is 13.5 Å². The van der Waals surface area contributed by atoms with E-state index in [1.54, 1.807) is 9.80 Å². The number of nitrogens with zero attached hydrogens (tertiary/aromatic N) is 5. The van der Waals surface area contributed by atoms with Crippen molar-refractivity contribution >= 4 is 36.6 Å². The number of pyridine rings is 1. The lowest BCUT2D eigenvalue weighted by atomic mass is 9.99. The first-order valence-electron chi connectivity index (χ1n) is 13.8. The molecule has 2 N–H and O–H groups in total. The first-order chi connectivity index (χ1) is 19.4. The molecule has 2 fully saturated rings. The number of piperazine rings is 1. The summed E-state index contributed by atoms with van der Waals surface area (Å²) in [6, 6.07) is 16.7. The molecular formula is C31H37FN6O2S. The third kappa shape index (κ3) is 6.42. The van der Waals surface area contributed by atoms with E-state index in [1.165, 1.54) is 18.3 Å². The van der Waals surface area contributed by atoms with Gasteiger partial charge in [0.1, 0.15) is 6.07 Å². The highest BCUT2D eigenvalue weighted by Gasteiger charge is 2.32. The summed E-state index contributed by atoms with van der Waals surface area (Å²) in [4.78, 5) is 23.6. The zero-order valence-corrected chi connectivity index (χ0v) is 24.5. The van der Waals surface area contributed by atoms with Gasteiger partial charge in [0.05, 0.1) is 23.9 Å². The number of halogens is 1. The number of para-hydroxylation sites is 1. The van der Waals surface area contributed by atoms with Gasteiger partial charge in [-0.15, -0.1) is 0 Å². The van der Waals surface area contributed by atoms with Gasteiger partial charge in [0.2, 0.25) is 0 Å². The van der Waals surface area contributed by atoms with Crippen LogP contribution in [0.2, 0.25) is 0 Å². The fourth-order valence-electron chi connectivity index (χ4n) is 5.80. The molecular weight excluding hydrogens is 539 g/mol. The van der Waals surface area contributed by atoms with Crippen LogP contribution in [-0.4, -0.2) is 72.3 Å². The second-order valence-electron chi connectivity index (χ2n) is 10.6. The van der Waals surface area contributed by atoms with Crippen molar-refractivity contribution in [3.8, 4) is 6.07 Å². The minimum Gasteiger partial charge on any atom is -0.394 e. The van der Waals surface area contributed by atoms with Gasteiger partial charge >= 0.3 is 0 Å². The van der Waals surface area contributed by atoms with Crippen LogP contribution in [0.1, 0.15) is 39.9 Å². The van der Waals surface area contributed by atoms with Crippen molar-refractivity contribution < 1.29 is 14.3 Å². The van der Waals surface area contributed by atoms with Crippen LogP contribution in [0.4, 0.5) is 21.6 Å². The number of aliphatic hydroxyl groups is 1. The highest BCUT2D eigenvalue weighted by Crippen LogP contribution is 2.29. The van der Waals surface area contributed by atoms with Gasteiger partial charge in [-0.05, 0) is 68.1 Å². The molecule has 5 rings (SSSR count). The molecule has 2 aliphatic rings. The van der Waals surface area contributed by atoms with Gasteiger partial charge in [-0.3, -0.25) is 4.79 Å². The molecule has 3 aromatic rings. The van der Waals surface area contributed by atoms with Crippen LogP contribution in [0.25, 0.3) is 0 Å². The third-order valence-electron chi connectivity index (χ3n) is 8.01. The summed E-state index contributed by atoms with van der Waals surface area (Å²) in [6.45, 7) is 6.54. The number of piperidine rings is 1. The van der Waals surface area contributed by atoms with E-state index in [-0.39, 0.29) is 44.4 Å². The van der Waals surface area contributed by atoms with Gasteiger partial charge in [-0.2, -0.15) is 18.8 Å². The molecule has 0 aliphatic carbocycles. The third-order valence-corrected chi connectivity index (χ3v) is 8.01. The number of amides is 1. The second-order valence-corrected chi connectivity index (χ2v) is 10.6. The molecule has 2 aromatic carbocycles. The SMILES string of the molecule is Cc1cc(C)c(C(=O)N2CCN(c3ncccc3F)[C@H](CO)C2)cc1NC1CCN(c2ccccc2C#N)CC1.S. The highest BCUT2D eigenvalue weighted by atomic mass is 32.1. The van der Waals surface area contributed by atoms with E-state index < -0.39 is 11.9 Å². The van der Waals surface area contributed by atoms with E-state index in [9.17, 15) is 19.6 Å². The number of hydrogen-bond donors (Lipinski definition) is 2. The summed E-state index contributed by atoms with van der Waals surface area (Å²) in [5, 5.41) is 23.2. The summed E-state index contributed by atoms with van der Waals surface area (Å²) in [6.07, 6.45) is 3.37. The maximum absolute atomic E-state index is 14.4. The number of aromatic nitrogens is 1. The molecule has 8 nitrogen and oxygen atoms in total. The summed E-state index contributed by atoms with van der Waals surface area (Å²) < 4.78 is 14.4. The van der Waals surface area contributed by atoms with Gasteiger partial charge in [-0.1, -0.05) is 18.2 Å². The summed E-state index contributed by atoms with van der Waals surface area (Å²) in [5.41, 5.74) is 5.22. The number of anilines is 3. The Morgan fingerprint density at radius 3 is 2.56 bits per heavy atom. The summed E-state index contributed by atoms with van der Waals surface area (Å²) >= 11 is 0. The molecule has 216 valence electrons. The van der Waals surface area contributed by atoms with Crippen molar-refractivity contribution in [3.63, 3.8) is 0 Å². The Morgan fingerprint density at radius 1 is 1.10 bits per heavy atom. The van der Waals surface area contributed by atoms with Crippen LogP contribution in [-0.2, 0) is 0 Å². The van der Waals surface area contributed by atoms with E-state index in [4.69, 9.17) is 0 Å². The normalized spacial score (nSPS) is 17.5. The molecule has 0 spiro atoms. The molecule has 2 aliphatic heterocycles. The van der Waals surface area contributed by atoms with Gasteiger partial charge in [0.15, 0.2) is 11.6 Å². The molecule has 3 heterocycles. The van der Waals surface area contributed by atoms with Gasteiger partial charge in [0.25, 0.3) is 5.91 Å². The quantitative estimate of drug-likeness (QED) is 0.454. The predicted octanol–water partition coefficient (Wildman–Crippen LogP) is 4.23. The zero-order chi connectivity index (χ0) is 28.2. The van der Waals surface area contributed by atoms with Crippen LogP contribution < -0.4 is 15.1 Å². The molecule has 41 heavy (non-hydrogen) atoms. The number of nitrogens with one attached hydrogen (secondary N) is 1. The van der Waals surface area contributed by atoms with Crippen molar-refractivity contribution in [2.45, 2.75) is 38.8 Å². The molecule has 2 saturated heterocycles. The largest absolute Gasteiger partial charge is 0.394 e. The average molecular weight is 577 g/mol. The van der Waals surface area contributed by atoms with Gasteiger partial charge in [-0.25, -0.2) is 9.37 Å². The van der Waals surface area contributed by atoms with Crippen molar-refractivity contribution in [2.75, 3.05) is 54.4 Å². The number of rotatable bonds is 6. The molecule has 1 amide bonds. The van der Waals surface area contributed by atoms with Crippen LogP contribution in [0.5, 0.6) is 0 Å². The number of aryl methyl sites for hydroxylation is 2. The Labute approximate surface area is 247 Å². The molecule has 0 bridgehead atoms. The standard InChI is InChI=1S/C31H35FN6O2.H2S/c1-21-16-22(2)28(35-24-9-12-36(13-10-24)29-8-4-3-6-23(29)18-33)17-26(21)31(40)37-14-15-38(25(19-37)20-39)30-27(32)7-5-11-34-30;/h3-8,11,16-17,24-25,35,39H,9-10,12-15,19-20H2,1-2H3;1H2/t25-;/m0./s1. The number of hydrogen-bond acceptors (Lipinski definition) is 7. The predicted molar refractivity (Wildman–Crippen MR) is 165 cm³/mol. The monoisotopic (exact) mass is 576 g/mol.